The molecule has 6 nitrogen and oxygen atoms in total. The van der Waals surface area contributed by atoms with Gasteiger partial charge in [-0.05, 0) is 42.0 Å². The van der Waals surface area contributed by atoms with Crippen molar-refractivity contribution in [3.8, 4) is 11.5 Å². The van der Waals surface area contributed by atoms with E-state index in [4.69, 9.17) is 21.7 Å². The highest BCUT2D eigenvalue weighted by Gasteiger charge is 2.13. The van der Waals surface area contributed by atoms with Gasteiger partial charge >= 0.3 is 0 Å². The monoisotopic (exact) mass is 364 g/mol. The Hall–Kier alpha value is -2.32. The van der Waals surface area contributed by atoms with Crippen molar-refractivity contribution in [1.29, 1.82) is 0 Å². The van der Waals surface area contributed by atoms with Crippen molar-refractivity contribution in [2.75, 3.05) is 18.4 Å². The van der Waals surface area contributed by atoms with E-state index in [1.54, 1.807) is 24.3 Å². The predicted molar refractivity (Wildman–Crippen MR) is 95.2 cm³/mol. The van der Waals surface area contributed by atoms with Gasteiger partial charge in [0.15, 0.2) is 26.4 Å². The Morgan fingerprint density at radius 3 is 2.54 bits per heavy atom. The number of rotatable bonds is 4. The van der Waals surface area contributed by atoms with Crippen molar-refractivity contribution in [1.82, 2.24) is 5.32 Å². The Bertz CT molecular complexity index is 864. The van der Waals surface area contributed by atoms with Crippen LogP contribution in [-0.4, -0.2) is 26.6 Å². The van der Waals surface area contributed by atoms with E-state index >= 15 is 0 Å². The van der Waals surface area contributed by atoms with Crippen molar-refractivity contribution in [2.45, 2.75) is 11.4 Å². The average molecular weight is 364 g/mol. The summed E-state index contributed by atoms with van der Waals surface area (Å²) < 4.78 is 33.4. The summed E-state index contributed by atoms with van der Waals surface area (Å²) in [5.41, 5.74) is 1.72. The van der Waals surface area contributed by atoms with E-state index < -0.39 is 9.84 Å². The van der Waals surface area contributed by atoms with Gasteiger partial charge in [-0.3, -0.25) is 0 Å². The van der Waals surface area contributed by atoms with Gasteiger partial charge in [-0.15, -0.1) is 0 Å². The van der Waals surface area contributed by atoms with E-state index in [1.807, 2.05) is 18.2 Å². The third-order valence-electron chi connectivity index (χ3n) is 3.44. The molecule has 0 saturated heterocycles. The zero-order chi connectivity index (χ0) is 17.2. The van der Waals surface area contributed by atoms with Gasteiger partial charge in [0.1, 0.15) is 0 Å². The topological polar surface area (TPSA) is 76.7 Å². The molecule has 0 bridgehead atoms. The van der Waals surface area contributed by atoms with Gasteiger partial charge in [0.05, 0.1) is 4.90 Å². The molecule has 24 heavy (non-hydrogen) atoms. The smallest absolute Gasteiger partial charge is 0.231 e. The standard InChI is InChI=1S/C16H16N2O4S2/c1-24(19,20)13-5-2-11(3-6-13)9-17-16(23)18-12-4-7-14-15(8-12)22-10-21-14/h2-8H,9-10H2,1H3,(H2,17,18,23). The van der Waals surface area contributed by atoms with Crippen molar-refractivity contribution in [2.24, 2.45) is 0 Å². The Labute approximate surface area is 145 Å². The van der Waals surface area contributed by atoms with Gasteiger partial charge < -0.3 is 20.1 Å². The molecule has 0 fully saturated rings. The number of benzene rings is 2. The second-order valence-corrected chi connectivity index (χ2v) is 7.72. The second-order valence-electron chi connectivity index (χ2n) is 5.29. The predicted octanol–water partition coefficient (Wildman–Crippen LogP) is 2.31. The number of fused-ring (bicyclic) bond motifs is 1. The zero-order valence-electron chi connectivity index (χ0n) is 12.9. The summed E-state index contributed by atoms with van der Waals surface area (Å²) in [6.45, 7) is 0.714. The number of anilines is 1. The van der Waals surface area contributed by atoms with Crippen LogP contribution in [0.5, 0.6) is 11.5 Å². The normalized spacial score (nSPS) is 12.7. The quantitative estimate of drug-likeness (QED) is 0.806. The van der Waals surface area contributed by atoms with Gasteiger partial charge in [-0.1, -0.05) is 12.1 Å². The van der Waals surface area contributed by atoms with E-state index in [9.17, 15) is 8.42 Å². The molecule has 0 atom stereocenters. The van der Waals surface area contributed by atoms with Crippen molar-refractivity contribution in [3.05, 3.63) is 48.0 Å². The Morgan fingerprint density at radius 2 is 1.83 bits per heavy atom. The van der Waals surface area contributed by atoms with Crippen LogP contribution in [0.15, 0.2) is 47.4 Å². The first kappa shape index (κ1) is 16.5. The molecule has 0 aliphatic carbocycles. The molecular formula is C16H16N2O4S2. The van der Waals surface area contributed by atoms with E-state index in [-0.39, 0.29) is 6.79 Å². The molecule has 2 aromatic rings. The third-order valence-corrected chi connectivity index (χ3v) is 4.81. The molecule has 0 aromatic heterocycles. The molecule has 3 rings (SSSR count). The van der Waals surface area contributed by atoms with Gasteiger partial charge in [-0.2, -0.15) is 0 Å². The molecule has 0 unspecified atom stereocenters. The minimum atomic E-state index is -3.18. The molecule has 1 aliphatic rings. The molecule has 0 amide bonds. The minimum Gasteiger partial charge on any atom is -0.454 e. The van der Waals surface area contributed by atoms with E-state index in [1.165, 1.54) is 6.26 Å². The molecule has 0 saturated carbocycles. The number of sulfone groups is 1. The molecule has 0 spiro atoms. The maximum atomic E-state index is 11.4. The molecule has 2 N–H and O–H groups in total. The lowest BCUT2D eigenvalue weighted by Gasteiger charge is -2.11. The van der Waals surface area contributed by atoms with E-state index in [2.05, 4.69) is 10.6 Å². The number of hydrogen-bond donors (Lipinski definition) is 2. The van der Waals surface area contributed by atoms with Crippen molar-refractivity contribution in [3.63, 3.8) is 0 Å². The van der Waals surface area contributed by atoms with E-state index in [0.29, 0.717) is 28.1 Å². The summed E-state index contributed by atoms with van der Waals surface area (Å²) in [4.78, 5) is 0.298. The highest BCUT2D eigenvalue weighted by molar-refractivity contribution is 7.90. The highest BCUT2D eigenvalue weighted by atomic mass is 32.2. The van der Waals surface area contributed by atoms with Crippen LogP contribution in [0, 0.1) is 0 Å². The van der Waals surface area contributed by atoms with Crippen LogP contribution in [0.3, 0.4) is 0 Å². The van der Waals surface area contributed by atoms with Gasteiger partial charge in [0.25, 0.3) is 0 Å². The number of thiocarbonyl (C=S) groups is 1. The summed E-state index contributed by atoms with van der Waals surface area (Å²) in [5.74, 6) is 1.39. The summed E-state index contributed by atoms with van der Waals surface area (Å²) >= 11 is 5.26. The molecule has 2 aromatic carbocycles. The molecular weight excluding hydrogens is 348 g/mol. The third kappa shape index (κ3) is 3.95. The molecule has 8 heteroatoms. The maximum absolute atomic E-state index is 11.4. The Balaban J connectivity index is 1.56. The fraction of sp³-hybridized carbons (Fsp3) is 0.188. The lowest BCUT2D eigenvalue weighted by Crippen LogP contribution is -2.27. The summed E-state index contributed by atoms with van der Waals surface area (Å²) in [6, 6.07) is 12.2. The first-order valence-electron chi connectivity index (χ1n) is 7.15. The Kier molecular flexibility index (Phi) is 4.59. The fourth-order valence-electron chi connectivity index (χ4n) is 2.19. The average Bonchev–Trinajstić information content (AvgIpc) is 3.00. The number of hydrogen-bond acceptors (Lipinski definition) is 5. The minimum absolute atomic E-state index is 0.227. The fourth-order valence-corrected chi connectivity index (χ4v) is 3.01. The van der Waals surface area contributed by atoms with Crippen LogP contribution < -0.4 is 20.1 Å². The summed E-state index contributed by atoms with van der Waals surface area (Å²) in [5, 5.41) is 6.60. The van der Waals surface area contributed by atoms with Gasteiger partial charge in [0, 0.05) is 24.6 Å². The highest BCUT2D eigenvalue weighted by Crippen LogP contribution is 2.34. The van der Waals surface area contributed by atoms with Gasteiger partial charge in [-0.25, -0.2) is 8.42 Å². The van der Waals surface area contributed by atoms with Crippen LogP contribution in [0.25, 0.3) is 0 Å². The van der Waals surface area contributed by atoms with Crippen LogP contribution in [0.2, 0.25) is 0 Å². The molecule has 1 aliphatic heterocycles. The van der Waals surface area contributed by atoms with Crippen LogP contribution in [-0.2, 0) is 16.4 Å². The zero-order valence-corrected chi connectivity index (χ0v) is 14.5. The maximum Gasteiger partial charge on any atom is 0.231 e. The molecule has 0 radical (unpaired) electrons. The first-order valence-corrected chi connectivity index (χ1v) is 9.45. The Morgan fingerprint density at radius 1 is 1.12 bits per heavy atom. The number of ether oxygens (including phenoxy) is 2. The first-order chi connectivity index (χ1) is 11.4. The van der Waals surface area contributed by atoms with Crippen LogP contribution >= 0.6 is 12.2 Å². The number of nitrogens with one attached hydrogen (secondary N) is 2. The SMILES string of the molecule is CS(=O)(=O)c1ccc(CNC(=S)Nc2ccc3c(c2)OCO3)cc1. The van der Waals surface area contributed by atoms with Crippen molar-refractivity contribution >= 4 is 32.9 Å². The van der Waals surface area contributed by atoms with Crippen molar-refractivity contribution < 1.29 is 17.9 Å². The van der Waals surface area contributed by atoms with E-state index in [0.717, 1.165) is 11.3 Å². The molecule has 1 heterocycles. The van der Waals surface area contributed by atoms with Crippen LogP contribution in [0.1, 0.15) is 5.56 Å². The molecule has 126 valence electrons. The second kappa shape index (κ2) is 6.66. The van der Waals surface area contributed by atoms with Crippen LogP contribution in [0.4, 0.5) is 5.69 Å². The summed E-state index contributed by atoms with van der Waals surface area (Å²) in [6.07, 6.45) is 1.19. The lowest BCUT2D eigenvalue weighted by atomic mass is 10.2. The largest absolute Gasteiger partial charge is 0.454 e. The van der Waals surface area contributed by atoms with Gasteiger partial charge in [0.2, 0.25) is 6.79 Å². The summed E-state index contributed by atoms with van der Waals surface area (Å²) in [7, 11) is -3.18. The lowest BCUT2D eigenvalue weighted by molar-refractivity contribution is 0.174.